The average molecular weight is 357 g/mol. The highest BCUT2D eigenvalue weighted by atomic mass is 35.5. The number of aromatic nitrogens is 1. The number of carbonyl (C=O) groups is 1. The Balaban J connectivity index is 1.65. The fourth-order valence-corrected chi connectivity index (χ4v) is 2.61. The number of nitro benzene ring substituents is 1. The molecule has 0 unspecified atom stereocenters. The SMILES string of the molecule is O=C(Cc1c[nH]c2ccccc12)NN=Cc1ccc(Cl)c([N+](=O)[O-])c1. The zero-order valence-electron chi connectivity index (χ0n) is 12.9. The first-order chi connectivity index (χ1) is 12.0. The number of carbonyl (C=O) groups excluding carboxylic acids is 1. The second kappa shape index (κ2) is 7.14. The molecular formula is C17H13ClN4O3. The van der Waals surface area contributed by atoms with E-state index in [1.165, 1.54) is 18.3 Å². The number of fused-ring (bicyclic) bond motifs is 1. The lowest BCUT2D eigenvalue weighted by Gasteiger charge is -2.00. The molecule has 0 saturated heterocycles. The maximum Gasteiger partial charge on any atom is 0.288 e. The molecule has 0 aliphatic heterocycles. The molecule has 0 fully saturated rings. The van der Waals surface area contributed by atoms with Crippen molar-refractivity contribution < 1.29 is 9.72 Å². The first kappa shape index (κ1) is 16.7. The predicted molar refractivity (Wildman–Crippen MR) is 95.8 cm³/mol. The average Bonchev–Trinajstić information content (AvgIpc) is 2.99. The van der Waals surface area contributed by atoms with Crippen molar-refractivity contribution in [3.63, 3.8) is 0 Å². The van der Waals surface area contributed by atoms with Gasteiger partial charge < -0.3 is 4.98 Å². The highest BCUT2D eigenvalue weighted by Gasteiger charge is 2.12. The number of halogens is 1. The van der Waals surface area contributed by atoms with E-state index < -0.39 is 4.92 Å². The Hall–Kier alpha value is -3.19. The van der Waals surface area contributed by atoms with Crippen molar-refractivity contribution in [1.82, 2.24) is 10.4 Å². The van der Waals surface area contributed by atoms with Crippen LogP contribution in [-0.4, -0.2) is 22.0 Å². The van der Waals surface area contributed by atoms with Crippen LogP contribution >= 0.6 is 11.6 Å². The number of hydrazone groups is 1. The van der Waals surface area contributed by atoms with Crippen molar-refractivity contribution in [2.24, 2.45) is 5.10 Å². The summed E-state index contributed by atoms with van der Waals surface area (Å²) in [6.07, 6.45) is 3.29. The molecule has 126 valence electrons. The van der Waals surface area contributed by atoms with E-state index in [-0.39, 0.29) is 23.0 Å². The summed E-state index contributed by atoms with van der Waals surface area (Å²) in [7, 11) is 0. The third-order valence-corrected chi connectivity index (χ3v) is 3.92. The fourth-order valence-electron chi connectivity index (χ4n) is 2.42. The molecule has 0 atom stereocenters. The van der Waals surface area contributed by atoms with Gasteiger partial charge >= 0.3 is 0 Å². The van der Waals surface area contributed by atoms with Gasteiger partial charge in [0, 0.05) is 28.7 Å². The molecule has 1 heterocycles. The smallest absolute Gasteiger partial charge is 0.288 e. The maximum absolute atomic E-state index is 12.0. The Bertz CT molecular complexity index is 981. The molecule has 1 aromatic heterocycles. The molecule has 0 aliphatic carbocycles. The summed E-state index contributed by atoms with van der Waals surface area (Å²) in [6, 6.07) is 12.0. The van der Waals surface area contributed by atoms with Crippen molar-refractivity contribution in [1.29, 1.82) is 0 Å². The molecule has 25 heavy (non-hydrogen) atoms. The summed E-state index contributed by atoms with van der Waals surface area (Å²) in [5.74, 6) is -0.288. The van der Waals surface area contributed by atoms with E-state index in [1.54, 1.807) is 12.3 Å². The van der Waals surface area contributed by atoms with Gasteiger partial charge in [-0.3, -0.25) is 14.9 Å². The van der Waals surface area contributed by atoms with Crippen molar-refractivity contribution in [3.05, 3.63) is 74.9 Å². The van der Waals surface area contributed by atoms with Crippen LogP contribution in [0.4, 0.5) is 5.69 Å². The zero-order chi connectivity index (χ0) is 17.8. The highest BCUT2D eigenvalue weighted by molar-refractivity contribution is 6.32. The van der Waals surface area contributed by atoms with Gasteiger partial charge in [-0.05, 0) is 17.7 Å². The molecule has 0 aliphatic rings. The number of para-hydroxylation sites is 1. The summed E-state index contributed by atoms with van der Waals surface area (Å²) in [5, 5.41) is 15.7. The van der Waals surface area contributed by atoms with E-state index in [1.807, 2.05) is 24.3 Å². The lowest BCUT2D eigenvalue weighted by Crippen LogP contribution is -2.19. The monoisotopic (exact) mass is 356 g/mol. The van der Waals surface area contributed by atoms with Crippen molar-refractivity contribution in [3.8, 4) is 0 Å². The molecule has 2 aromatic carbocycles. The van der Waals surface area contributed by atoms with Gasteiger partial charge in [-0.2, -0.15) is 5.10 Å². The van der Waals surface area contributed by atoms with E-state index in [2.05, 4.69) is 15.5 Å². The van der Waals surface area contributed by atoms with E-state index >= 15 is 0 Å². The number of benzene rings is 2. The van der Waals surface area contributed by atoms with Crippen LogP contribution in [0.15, 0.2) is 53.8 Å². The number of nitrogens with zero attached hydrogens (tertiary/aromatic N) is 2. The first-order valence-electron chi connectivity index (χ1n) is 7.35. The fraction of sp³-hybridized carbons (Fsp3) is 0.0588. The lowest BCUT2D eigenvalue weighted by molar-refractivity contribution is -0.384. The largest absolute Gasteiger partial charge is 0.361 e. The third-order valence-electron chi connectivity index (χ3n) is 3.60. The van der Waals surface area contributed by atoms with E-state index in [4.69, 9.17) is 11.6 Å². The molecule has 0 radical (unpaired) electrons. The molecule has 8 heteroatoms. The predicted octanol–water partition coefficient (Wildman–Crippen LogP) is 3.42. The number of nitrogens with one attached hydrogen (secondary N) is 2. The Morgan fingerprint density at radius 3 is 2.92 bits per heavy atom. The minimum atomic E-state index is -0.574. The molecule has 3 aromatic rings. The number of nitro groups is 1. The van der Waals surface area contributed by atoms with E-state index in [9.17, 15) is 14.9 Å². The minimum absolute atomic E-state index is 0.0468. The summed E-state index contributed by atoms with van der Waals surface area (Å²) < 4.78 is 0. The van der Waals surface area contributed by atoms with Gasteiger partial charge in [0.05, 0.1) is 17.6 Å². The Labute approximate surface area is 147 Å². The van der Waals surface area contributed by atoms with Gasteiger partial charge in [-0.25, -0.2) is 5.43 Å². The van der Waals surface area contributed by atoms with Gasteiger partial charge in [0.2, 0.25) is 5.91 Å². The number of aromatic amines is 1. The van der Waals surface area contributed by atoms with Gasteiger partial charge in [-0.15, -0.1) is 0 Å². The first-order valence-corrected chi connectivity index (χ1v) is 7.73. The Kier molecular flexibility index (Phi) is 4.76. The topological polar surface area (TPSA) is 100 Å². The Morgan fingerprint density at radius 1 is 1.32 bits per heavy atom. The van der Waals surface area contributed by atoms with Gasteiger partial charge in [0.25, 0.3) is 5.69 Å². The normalized spacial score (nSPS) is 11.1. The van der Waals surface area contributed by atoms with Crippen molar-refractivity contribution in [2.45, 2.75) is 6.42 Å². The standard InChI is InChI=1S/C17H13ClN4O3/c18-14-6-5-11(7-16(14)22(24)25)9-20-21-17(23)8-12-10-19-15-4-2-1-3-13(12)15/h1-7,9-10,19H,8H2,(H,21,23). The van der Waals surface area contributed by atoms with Gasteiger partial charge in [0.15, 0.2) is 0 Å². The van der Waals surface area contributed by atoms with Crippen molar-refractivity contribution in [2.75, 3.05) is 0 Å². The highest BCUT2D eigenvalue weighted by Crippen LogP contribution is 2.24. The molecule has 2 N–H and O–H groups in total. The summed E-state index contributed by atoms with van der Waals surface area (Å²) in [5.41, 5.74) is 4.49. The lowest BCUT2D eigenvalue weighted by atomic mass is 10.1. The minimum Gasteiger partial charge on any atom is -0.361 e. The molecule has 0 spiro atoms. The van der Waals surface area contributed by atoms with Crippen LogP contribution in [-0.2, 0) is 11.2 Å². The third kappa shape index (κ3) is 3.84. The van der Waals surface area contributed by atoms with Crippen LogP contribution in [0, 0.1) is 10.1 Å². The molecule has 1 amide bonds. The van der Waals surface area contributed by atoms with Crippen LogP contribution < -0.4 is 5.43 Å². The molecule has 0 bridgehead atoms. The summed E-state index contributed by atoms with van der Waals surface area (Å²) in [6.45, 7) is 0. The van der Waals surface area contributed by atoms with Crippen LogP contribution in [0.25, 0.3) is 10.9 Å². The van der Waals surface area contributed by atoms with Gasteiger partial charge in [-0.1, -0.05) is 35.9 Å². The quantitative estimate of drug-likeness (QED) is 0.416. The molecular weight excluding hydrogens is 344 g/mol. The number of amides is 1. The maximum atomic E-state index is 12.0. The summed E-state index contributed by atoms with van der Waals surface area (Å²) >= 11 is 5.74. The van der Waals surface area contributed by atoms with Crippen LogP contribution in [0.1, 0.15) is 11.1 Å². The Morgan fingerprint density at radius 2 is 2.12 bits per heavy atom. The van der Waals surface area contributed by atoms with Crippen LogP contribution in [0.2, 0.25) is 5.02 Å². The van der Waals surface area contributed by atoms with Gasteiger partial charge in [0.1, 0.15) is 5.02 Å². The number of H-pyrrole nitrogens is 1. The second-order valence-electron chi connectivity index (χ2n) is 5.30. The van der Waals surface area contributed by atoms with Crippen molar-refractivity contribution >= 4 is 40.3 Å². The number of hydrogen-bond donors (Lipinski definition) is 2. The van der Waals surface area contributed by atoms with E-state index in [0.717, 1.165) is 16.5 Å². The zero-order valence-corrected chi connectivity index (χ0v) is 13.7. The molecule has 0 saturated carbocycles. The molecule has 7 nitrogen and oxygen atoms in total. The molecule has 3 rings (SSSR count). The summed E-state index contributed by atoms with van der Waals surface area (Å²) in [4.78, 5) is 25.4. The second-order valence-corrected chi connectivity index (χ2v) is 5.70. The van der Waals surface area contributed by atoms with Crippen LogP contribution in [0.3, 0.4) is 0 Å². The number of rotatable bonds is 5. The van der Waals surface area contributed by atoms with Crippen LogP contribution in [0.5, 0.6) is 0 Å². The van der Waals surface area contributed by atoms with E-state index in [0.29, 0.717) is 5.56 Å². The number of hydrogen-bond acceptors (Lipinski definition) is 4.